The fourth-order valence-corrected chi connectivity index (χ4v) is 3.50. The molecule has 0 bridgehead atoms. The number of fused-ring (bicyclic) bond motifs is 1. The molecule has 0 unspecified atom stereocenters. The number of nitrogens with zero attached hydrogens (tertiary/aromatic N) is 5. The van der Waals surface area contributed by atoms with E-state index in [9.17, 15) is 18.4 Å². The summed E-state index contributed by atoms with van der Waals surface area (Å²) in [5.74, 6) is -0.284. The van der Waals surface area contributed by atoms with Crippen LogP contribution in [0.1, 0.15) is 18.0 Å². The molecule has 0 saturated heterocycles. The lowest BCUT2D eigenvalue weighted by Crippen LogP contribution is -2.39. The molecule has 9 nitrogen and oxygen atoms in total. The Hall–Kier alpha value is -4.41. The number of rotatable bonds is 5. The predicted octanol–water partition coefficient (Wildman–Crippen LogP) is 3.39. The summed E-state index contributed by atoms with van der Waals surface area (Å²) in [6, 6.07) is 11.8. The number of hydrogen-bond donors (Lipinski definition) is 0. The van der Waals surface area contributed by atoms with Gasteiger partial charge in [-0.25, -0.2) is 4.79 Å². The van der Waals surface area contributed by atoms with Crippen LogP contribution < -0.4 is 11.2 Å². The summed E-state index contributed by atoms with van der Waals surface area (Å²) < 4.78 is 38.1. The summed E-state index contributed by atoms with van der Waals surface area (Å²) in [5, 5.41) is 7.21. The van der Waals surface area contributed by atoms with E-state index in [2.05, 4.69) is 15.2 Å². The fourth-order valence-electron chi connectivity index (χ4n) is 3.50. The van der Waals surface area contributed by atoms with Gasteiger partial charge >= 0.3 is 12.1 Å². The van der Waals surface area contributed by atoms with Crippen molar-refractivity contribution in [2.75, 3.05) is 0 Å². The molecule has 0 saturated carbocycles. The third-order valence-electron chi connectivity index (χ3n) is 5.18. The summed E-state index contributed by atoms with van der Waals surface area (Å²) in [6.45, 7) is -0.0845. The van der Waals surface area contributed by atoms with Crippen LogP contribution in [0.3, 0.4) is 0 Å². The minimum atomic E-state index is -2.87. The lowest BCUT2D eigenvalue weighted by Gasteiger charge is -2.11. The van der Waals surface area contributed by atoms with Crippen LogP contribution in [-0.4, -0.2) is 24.3 Å². The molecule has 0 radical (unpaired) electrons. The second-order valence-electron chi connectivity index (χ2n) is 7.23. The molecule has 33 heavy (non-hydrogen) atoms. The average molecular weight is 451 g/mol. The molecule has 5 rings (SSSR count). The van der Waals surface area contributed by atoms with E-state index in [1.807, 2.05) is 0 Å². The van der Waals surface area contributed by atoms with Gasteiger partial charge < -0.3 is 8.83 Å². The third kappa shape index (κ3) is 3.63. The van der Waals surface area contributed by atoms with Crippen LogP contribution in [0.25, 0.3) is 33.7 Å². The van der Waals surface area contributed by atoms with Gasteiger partial charge in [0.25, 0.3) is 11.4 Å². The van der Waals surface area contributed by atoms with E-state index < -0.39 is 23.6 Å². The predicted molar refractivity (Wildman–Crippen MR) is 113 cm³/mol. The first-order chi connectivity index (χ1) is 15.9. The lowest BCUT2D eigenvalue weighted by molar-refractivity contribution is 0.116. The van der Waals surface area contributed by atoms with Crippen molar-refractivity contribution in [1.82, 2.24) is 24.3 Å². The Balaban J connectivity index is 1.51. The maximum atomic E-state index is 13.2. The van der Waals surface area contributed by atoms with Gasteiger partial charge in [0.1, 0.15) is 5.76 Å². The number of alkyl halides is 2. The van der Waals surface area contributed by atoms with Crippen molar-refractivity contribution >= 4 is 10.9 Å². The molecule has 0 amide bonds. The zero-order valence-electron chi connectivity index (χ0n) is 17.1. The molecule has 4 aromatic heterocycles. The van der Waals surface area contributed by atoms with E-state index in [-0.39, 0.29) is 12.4 Å². The van der Waals surface area contributed by atoms with Crippen LogP contribution >= 0.6 is 0 Å². The maximum absolute atomic E-state index is 13.2. The molecule has 11 heteroatoms. The van der Waals surface area contributed by atoms with Gasteiger partial charge in [-0.15, -0.1) is 10.2 Å². The van der Waals surface area contributed by atoms with Gasteiger partial charge in [0, 0.05) is 18.8 Å². The van der Waals surface area contributed by atoms with Gasteiger partial charge in [0.05, 0.1) is 35.0 Å². The normalized spacial score (nSPS) is 11.5. The fraction of sp³-hybridized carbons (Fsp3) is 0.136. The van der Waals surface area contributed by atoms with Crippen molar-refractivity contribution in [3.8, 4) is 22.8 Å². The molecule has 0 spiro atoms. The molecule has 0 aliphatic heterocycles. The quantitative estimate of drug-likeness (QED) is 0.403. The van der Waals surface area contributed by atoms with Crippen molar-refractivity contribution in [2.24, 2.45) is 7.05 Å². The zero-order valence-corrected chi connectivity index (χ0v) is 17.1. The highest BCUT2D eigenvalue weighted by Crippen LogP contribution is 2.24. The Morgan fingerprint density at radius 1 is 1.06 bits per heavy atom. The summed E-state index contributed by atoms with van der Waals surface area (Å²) in [4.78, 5) is 30.2. The van der Waals surface area contributed by atoms with E-state index in [1.165, 1.54) is 23.1 Å². The molecule has 0 aliphatic carbocycles. The largest absolute Gasteiger partial charge is 0.464 e. The van der Waals surface area contributed by atoms with E-state index in [1.54, 1.807) is 43.4 Å². The van der Waals surface area contributed by atoms with Crippen LogP contribution in [0.15, 0.2) is 73.3 Å². The first-order valence-corrected chi connectivity index (χ1v) is 9.76. The molecular formula is C22H15F2N5O4. The highest BCUT2D eigenvalue weighted by Gasteiger charge is 2.18. The minimum Gasteiger partial charge on any atom is -0.464 e. The first kappa shape index (κ1) is 20.5. The van der Waals surface area contributed by atoms with Crippen LogP contribution in [0.4, 0.5) is 8.78 Å². The van der Waals surface area contributed by atoms with Crippen molar-refractivity contribution < 1.29 is 17.6 Å². The second-order valence-corrected chi connectivity index (χ2v) is 7.23. The second kappa shape index (κ2) is 7.93. The SMILES string of the molecule is Cn1c(=O)n(Cc2ccc(-c3nnc(C(F)F)o3)cn2)c(=O)c2cc(-c3ccco3)ccc21. The Morgan fingerprint density at radius 3 is 2.55 bits per heavy atom. The molecule has 4 heterocycles. The smallest absolute Gasteiger partial charge is 0.331 e. The van der Waals surface area contributed by atoms with Crippen LogP contribution in [0.2, 0.25) is 0 Å². The lowest BCUT2D eigenvalue weighted by atomic mass is 10.1. The minimum absolute atomic E-state index is 0.0845. The van der Waals surface area contributed by atoms with Gasteiger partial charge in [-0.1, -0.05) is 0 Å². The van der Waals surface area contributed by atoms with Crippen LogP contribution in [0, 0.1) is 0 Å². The summed E-state index contributed by atoms with van der Waals surface area (Å²) in [6.07, 6.45) is 0.0166. The Labute approximate surface area is 183 Å². The number of benzene rings is 1. The molecule has 1 aromatic carbocycles. The number of aryl methyl sites for hydroxylation is 1. The molecule has 0 fully saturated rings. The summed E-state index contributed by atoms with van der Waals surface area (Å²) >= 11 is 0. The summed E-state index contributed by atoms with van der Waals surface area (Å²) in [7, 11) is 1.58. The standard InChI is InChI=1S/C22H15F2N5O4/c1-28-16-7-5-12(17-3-2-8-32-17)9-15(16)21(30)29(22(28)31)11-14-6-4-13(10-25-14)19-26-27-20(33-19)18(23)24/h2-10,18H,11H2,1H3. The molecule has 0 aliphatic rings. The van der Waals surface area contributed by atoms with Crippen molar-refractivity contribution in [3.05, 3.63) is 87.3 Å². The van der Waals surface area contributed by atoms with Crippen LogP contribution in [0.5, 0.6) is 0 Å². The molecular weight excluding hydrogens is 436 g/mol. The number of aromatic nitrogens is 5. The van der Waals surface area contributed by atoms with Gasteiger partial charge in [-0.2, -0.15) is 8.78 Å². The van der Waals surface area contributed by atoms with E-state index in [0.29, 0.717) is 33.5 Å². The van der Waals surface area contributed by atoms with E-state index >= 15 is 0 Å². The van der Waals surface area contributed by atoms with Gasteiger partial charge in [0.15, 0.2) is 0 Å². The maximum Gasteiger partial charge on any atom is 0.331 e. The van der Waals surface area contributed by atoms with Crippen LogP contribution in [-0.2, 0) is 13.6 Å². The highest BCUT2D eigenvalue weighted by atomic mass is 19.3. The number of hydrogen-bond acceptors (Lipinski definition) is 7. The van der Waals surface area contributed by atoms with E-state index in [0.717, 1.165) is 4.57 Å². The molecule has 0 atom stereocenters. The third-order valence-corrected chi connectivity index (χ3v) is 5.18. The zero-order chi connectivity index (χ0) is 23.1. The topological polar surface area (TPSA) is 109 Å². The van der Waals surface area contributed by atoms with Crippen molar-refractivity contribution in [3.63, 3.8) is 0 Å². The first-order valence-electron chi connectivity index (χ1n) is 9.76. The van der Waals surface area contributed by atoms with Gasteiger partial charge in [-0.05, 0) is 42.5 Å². The van der Waals surface area contributed by atoms with E-state index in [4.69, 9.17) is 8.83 Å². The number of furan rings is 1. The highest BCUT2D eigenvalue weighted by molar-refractivity contribution is 5.83. The summed E-state index contributed by atoms with van der Waals surface area (Å²) in [5.41, 5.74) is 0.979. The Morgan fingerprint density at radius 2 is 1.88 bits per heavy atom. The van der Waals surface area contributed by atoms with Crippen molar-refractivity contribution in [1.29, 1.82) is 0 Å². The van der Waals surface area contributed by atoms with Gasteiger partial charge in [-0.3, -0.25) is 18.9 Å². The monoisotopic (exact) mass is 451 g/mol. The Bertz CT molecular complexity index is 1570. The average Bonchev–Trinajstić information content (AvgIpc) is 3.53. The Kier molecular flexibility index (Phi) is 4.93. The molecule has 166 valence electrons. The number of halogens is 2. The van der Waals surface area contributed by atoms with Crippen molar-refractivity contribution in [2.45, 2.75) is 13.0 Å². The van der Waals surface area contributed by atoms with Gasteiger partial charge in [0.2, 0.25) is 5.89 Å². The molecule has 0 N–H and O–H groups in total. The molecule has 5 aromatic rings. The number of pyridine rings is 1.